The third-order valence-electron chi connectivity index (χ3n) is 4.45. The van der Waals surface area contributed by atoms with Gasteiger partial charge in [0.05, 0.1) is 23.0 Å². The van der Waals surface area contributed by atoms with Crippen molar-refractivity contribution >= 4 is 45.4 Å². The molecule has 0 bridgehead atoms. The second-order valence-corrected chi connectivity index (χ2v) is 8.40. The number of carbonyl (C=O) groups is 1. The number of quaternary nitrogens is 1. The van der Waals surface area contributed by atoms with E-state index in [9.17, 15) is 10.1 Å². The minimum absolute atomic E-state index is 0.312. The van der Waals surface area contributed by atoms with Crippen LogP contribution < -0.4 is 10.2 Å². The molecular formula is C18H18Cl2N3OS+. The first-order valence-electron chi connectivity index (χ1n) is 8.05. The van der Waals surface area contributed by atoms with Gasteiger partial charge in [0.15, 0.2) is 0 Å². The van der Waals surface area contributed by atoms with Crippen LogP contribution in [0.3, 0.4) is 0 Å². The monoisotopic (exact) mass is 394 g/mol. The molecule has 7 heteroatoms. The third-order valence-corrected chi connectivity index (χ3v) is 6.04. The molecule has 0 saturated heterocycles. The van der Waals surface area contributed by atoms with Gasteiger partial charge in [-0.3, -0.25) is 4.79 Å². The predicted molar refractivity (Wildman–Crippen MR) is 102 cm³/mol. The normalized spacial score (nSPS) is 16.4. The molecule has 1 aliphatic heterocycles. The number of hydrogen-bond acceptors (Lipinski definition) is 3. The van der Waals surface area contributed by atoms with Crippen molar-refractivity contribution < 1.29 is 9.69 Å². The summed E-state index contributed by atoms with van der Waals surface area (Å²) < 4.78 is 0. The standard InChI is InChI=1S/C18H17Cl2N3OS/c1-10(2)23-4-3-14-15(8-21)18(25-16(14)9-23)22-17(24)11-5-12(19)7-13(20)6-11/h5-7,10H,3-4,9H2,1-2H3,(H,22,24)/p+1. The fourth-order valence-electron chi connectivity index (χ4n) is 3.06. The highest BCUT2D eigenvalue weighted by Crippen LogP contribution is 2.34. The molecule has 1 aromatic heterocycles. The van der Waals surface area contributed by atoms with Crippen LogP contribution in [0.15, 0.2) is 18.2 Å². The molecule has 0 fully saturated rings. The SMILES string of the molecule is CC(C)[NH+]1CCc2c(sc(NC(=O)c3cc(Cl)cc(Cl)c3)c2C#N)C1. The number of carbonyl (C=O) groups excluding carboxylic acids is 1. The number of amides is 1. The molecule has 1 unspecified atom stereocenters. The van der Waals surface area contributed by atoms with Gasteiger partial charge in [-0.05, 0) is 37.6 Å². The summed E-state index contributed by atoms with van der Waals surface area (Å²) >= 11 is 13.4. The number of nitriles is 1. The molecular weight excluding hydrogens is 377 g/mol. The van der Waals surface area contributed by atoms with Crippen molar-refractivity contribution in [1.82, 2.24) is 0 Å². The lowest BCUT2D eigenvalue weighted by molar-refractivity contribution is -0.936. The van der Waals surface area contributed by atoms with E-state index in [-0.39, 0.29) is 5.91 Å². The van der Waals surface area contributed by atoms with Gasteiger partial charge in [0.2, 0.25) is 0 Å². The van der Waals surface area contributed by atoms with Crippen LogP contribution in [0.4, 0.5) is 5.00 Å². The lowest BCUT2D eigenvalue weighted by Crippen LogP contribution is -3.14. The van der Waals surface area contributed by atoms with Gasteiger partial charge in [-0.25, -0.2) is 0 Å². The summed E-state index contributed by atoms with van der Waals surface area (Å²) in [6.07, 6.45) is 0.862. The molecule has 2 heterocycles. The van der Waals surface area contributed by atoms with Crippen molar-refractivity contribution in [3.8, 4) is 6.07 Å². The molecule has 1 aromatic carbocycles. The second kappa shape index (κ2) is 7.35. The molecule has 1 aliphatic rings. The average Bonchev–Trinajstić information content (AvgIpc) is 2.89. The molecule has 4 nitrogen and oxygen atoms in total. The molecule has 1 atom stereocenters. The lowest BCUT2D eigenvalue weighted by atomic mass is 10.0. The smallest absolute Gasteiger partial charge is 0.256 e. The van der Waals surface area contributed by atoms with E-state index in [0.29, 0.717) is 32.2 Å². The fraction of sp³-hybridized carbons (Fsp3) is 0.333. The maximum absolute atomic E-state index is 12.5. The summed E-state index contributed by atoms with van der Waals surface area (Å²) in [6.45, 7) is 6.30. The van der Waals surface area contributed by atoms with Gasteiger partial charge in [-0.2, -0.15) is 5.26 Å². The highest BCUT2D eigenvalue weighted by Gasteiger charge is 2.28. The number of halogens is 2. The molecule has 130 valence electrons. The minimum atomic E-state index is -0.312. The van der Waals surface area contributed by atoms with Crippen molar-refractivity contribution in [1.29, 1.82) is 5.26 Å². The molecule has 0 saturated carbocycles. The first kappa shape index (κ1) is 18.2. The van der Waals surface area contributed by atoms with Crippen LogP contribution in [0.5, 0.6) is 0 Å². The Kier molecular flexibility index (Phi) is 5.35. The van der Waals surface area contributed by atoms with E-state index in [0.717, 1.165) is 25.1 Å². The van der Waals surface area contributed by atoms with E-state index >= 15 is 0 Å². The van der Waals surface area contributed by atoms with Gasteiger partial charge >= 0.3 is 0 Å². The van der Waals surface area contributed by atoms with Crippen molar-refractivity contribution in [2.45, 2.75) is 32.9 Å². The zero-order valence-corrected chi connectivity index (χ0v) is 16.3. The van der Waals surface area contributed by atoms with Gasteiger partial charge < -0.3 is 10.2 Å². The van der Waals surface area contributed by atoms with Crippen LogP contribution in [0, 0.1) is 11.3 Å². The molecule has 0 aliphatic carbocycles. The average molecular weight is 395 g/mol. The number of hydrogen-bond donors (Lipinski definition) is 2. The van der Waals surface area contributed by atoms with Gasteiger partial charge in [0, 0.05) is 22.0 Å². The number of rotatable bonds is 3. The van der Waals surface area contributed by atoms with Crippen molar-refractivity contribution in [3.05, 3.63) is 49.8 Å². The minimum Gasteiger partial charge on any atom is -0.328 e. The van der Waals surface area contributed by atoms with Crippen LogP contribution in [0.25, 0.3) is 0 Å². The van der Waals surface area contributed by atoms with E-state index < -0.39 is 0 Å². The largest absolute Gasteiger partial charge is 0.328 e. The van der Waals surface area contributed by atoms with E-state index in [1.807, 2.05) is 0 Å². The first-order valence-corrected chi connectivity index (χ1v) is 9.63. The summed E-state index contributed by atoms with van der Waals surface area (Å²) in [5, 5.41) is 13.8. The molecule has 1 amide bonds. The highest BCUT2D eigenvalue weighted by molar-refractivity contribution is 7.16. The number of nitrogens with zero attached hydrogens (tertiary/aromatic N) is 1. The van der Waals surface area contributed by atoms with Gasteiger partial charge in [0.25, 0.3) is 5.91 Å². The van der Waals surface area contributed by atoms with Crippen LogP contribution in [0.2, 0.25) is 10.0 Å². The Balaban J connectivity index is 1.88. The lowest BCUT2D eigenvalue weighted by Gasteiger charge is -2.27. The van der Waals surface area contributed by atoms with Crippen LogP contribution in [-0.2, 0) is 13.0 Å². The summed E-state index contributed by atoms with van der Waals surface area (Å²) in [7, 11) is 0. The van der Waals surface area contributed by atoms with Gasteiger partial charge in [0.1, 0.15) is 17.6 Å². The Hall–Kier alpha value is -1.58. The van der Waals surface area contributed by atoms with Crippen molar-refractivity contribution in [3.63, 3.8) is 0 Å². The van der Waals surface area contributed by atoms with Crippen molar-refractivity contribution in [2.75, 3.05) is 11.9 Å². The van der Waals surface area contributed by atoms with Gasteiger partial charge in [-0.15, -0.1) is 11.3 Å². The van der Waals surface area contributed by atoms with E-state index in [1.165, 1.54) is 21.1 Å². The maximum Gasteiger partial charge on any atom is 0.256 e. The Morgan fingerprint density at radius 3 is 2.60 bits per heavy atom. The molecule has 3 rings (SSSR count). The van der Waals surface area contributed by atoms with Crippen LogP contribution >= 0.6 is 34.5 Å². The maximum atomic E-state index is 12.5. The number of thiophene rings is 1. The fourth-order valence-corrected chi connectivity index (χ4v) is 4.83. The van der Waals surface area contributed by atoms with E-state index in [2.05, 4.69) is 25.2 Å². The Morgan fingerprint density at radius 2 is 2.00 bits per heavy atom. The third kappa shape index (κ3) is 3.83. The molecule has 0 radical (unpaired) electrons. The summed E-state index contributed by atoms with van der Waals surface area (Å²) in [6, 6.07) is 7.50. The zero-order valence-electron chi connectivity index (χ0n) is 14.0. The highest BCUT2D eigenvalue weighted by atomic mass is 35.5. The summed E-state index contributed by atoms with van der Waals surface area (Å²) in [4.78, 5) is 15.2. The van der Waals surface area contributed by atoms with Crippen LogP contribution in [0.1, 0.15) is 40.2 Å². The number of benzene rings is 1. The number of nitrogens with one attached hydrogen (secondary N) is 2. The topological polar surface area (TPSA) is 57.3 Å². The number of fused-ring (bicyclic) bond motifs is 1. The predicted octanol–water partition coefficient (Wildman–Crippen LogP) is 3.53. The molecule has 2 aromatic rings. The molecule has 2 N–H and O–H groups in total. The van der Waals surface area contributed by atoms with E-state index in [1.54, 1.807) is 18.2 Å². The Labute approximate surface area is 161 Å². The van der Waals surface area contributed by atoms with Crippen LogP contribution in [-0.4, -0.2) is 18.5 Å². The zero-order chi connectivity index (χ0) is 18.1. The second-order valence-electron chi connectivity index (χ2n) is 6.42. The number of anilines is 1. The molecule has 0 spiro atoms. The quantitative estimate of drug-likeness (QED) is 0.836. The molecule has 25 heavy (non-hydrogen) atoms. The summed E-state index contributed by atoms with van der Waals surface area (Å²) in [5.74, 6) is -0.312. The van der Waals surface area contributed by atoms with E-state index in [4.69, 9.17) is 23.2 Å². The Bertz CT molecular complexity index is 850. The van der Waals surface area contributed by atoms with Crippen molar-refractivity contribution in [2.24, 2.45) is 0 Å². The Morgan fingerprint density at radius 1 is 1.32 bits per heavy atom. The summed E-state index contributed by atoms with van der Waals surface area (Å²) in [5.41, 5.74) is 2.04. The van der Waals surface area contributed by atoms with Gasteiger partial charge in [-0.1, -0.05) is 23.2 Å². The first-order chi connectivity index (χ1) is 11.9.